The van der Waals surface area contributed by atoms with E-state index in [2.05, 4.69) is 9.97 Å². The number of pyridine rings is 1. The average molecular weight is 596 g/mol. The van der Waals surface area contributed by atoms with E-state index >= 15 is 0 Å². The maximum atomic E-state index is 14.9. The molecule has 202 valence electrons. The lowest BCUT2D eigenvalue weighted by Crippen LogP contribution is -2.34. The molecule has 16 heteroatoms. The van der Waals surface area contributed by atoms with Gasteiger partial charge in [-0.25, -0.2) is 21.9 Å². The zero-order valence-corrected chi connectivity index (χ0v) is 21.2. The number of alkyl halides is 3. The number of H-pyrrole nitrogens is 1. The van der Waals surface area contributed by atoms with Gasteiger partial charge in [0, 0.05) is 13.3 Å². The molecule has 0 radical (unpaired) electrons. The molecule has 0 saturated carbocycles. The predicted molar refractivity (Wildman–Crippen MR) is 128 cm³/mol. The third kappa shape index (κ3) is 5.09. The molecular formula is C22H15Cl2F4N3O6S. The first-order valence-electron chi connectivity index (χ1n) is 10.3. The molecule has 0 fully saturated rings. The lowest BCUT2D eigenvalue weighted by molar-refractivity contribution is -0.137. The average Bonchev–Trinajstić information content (AvgIpc) is 3.21. The van der Waals surface area contributed by atoms with E-state index in [0.717, 1.165) is 37.6 Å². The lowest BCUT2D eigenvalue weighted by atomic mass is 10.0. The van der Waals surface area contributed by atoms with Crippen molar-refractivity contribution in [2.45, 2.75) is 17.2 Å². The zero-order valence-electron chi connectivity index (χ0n) is 18.9. The zero-order chi connectivity index (χ0) is 28.0. The highest BCUT2D eigenvalue weighted by atomic mass is 35.5. The van der Waals surface area contributed by atoms with Crippen molar-refractivity contribution in [1.82, 2.24) is 9.97 Å². The number of aliphatic hydroxyl groups excluding tert-OH is 1. The number of aliphatic hydroxyl groups is 1. The number of methoxy groups -OCH3 is 1. The Kier molecular flexibility index (Phi) is 7.47. The number of fused-ring (bicyclic) bond motifs is 1. The van der Waals surface area contributed by atoms with Crippen LogP contribution in [0.25, 0.3) is 11.1 Å². The largest absolute Gasteiger partial charge is 0.417 e. The van der Waals surface area contributed by atoms with Crippen LogP contribution in [0.2, 0.25) is 10.0 Å². The number of oxazole rings is 1. The Hall–Kier alpha value is -3.17. The molecule has 0 aliphatic rings. The maximum absolute atomic E-state index is 14.9. The summed E-state index contributed by atoms with van der Waals surface area (Å²) in [5.74, 6) is -1.97. The van der Waals surface area contributed by atoms with E-state index in [1.807, 2.05) is 0 Å². The third-order valence-electron chi connectivity index (χ3n) is 5.32. The first-order chi connectivity index (χ1) is 17.8. The second-order valence-corrected chi connectivity index (χ2v) is 10.4. The van der Waals surface area contributed by atoms with Crippen molar-refractivity contribution in [3.05, 3.63) is 85.8 Å². The molecule has 4 aromatic rings. The number of hydrogen-bond donors (Lipinski definition) is 2. The SMILES string of the molecule is COCN(c1cc(Cl)cnc1C(O)c1c(F)ccc2[nH]c(=O)oc12)S(=O)(=O)c1ccc(Cl)c(C(F)(F)F)c1. The molecule has 9 nitrogen and oxygen atoms in total. The lowest BCUT2D eigenvalue weighted by Gasteiger charge is -2.27. The first kappa shape index (κ1) is 27.9. The smallest absolute Gasteiger partial charge is 0.407 e. The first-order valence-corrected chi connectivity index (χ1v) is 12.5. The second kappa shape index (κ2) is 10.2. The van der Waals surface area contributed by atoms with Gasteiger partial charge in [0.15, 0.2) is 5.58 Å². The van der Waals surface area contributed by atoms with Crippen molar-refractivity contribution >= 4 is 50.0 Å². The number of aromatic nitrogens is 2. The summed E-state index contributed by atoms with van der Waals surface area (Å²) >= 11 is 11.7. The Bertz CT molecular complexity index is 1690. The van der Waals surface area contributed by atoms with E-state index in [9.17, 15) is 35.9 Å². The number of hydrogen-bond acceptors (Lipinski definition) is 7. The summed E-state index contributed by atoms with van der Waals surface area (Å²) in [6.07, 6.45) is -5.98. The molecule has 2 aromatic heterocycles. The molecule has 2 aromatic carbocycles. The van der Waals surface area contributed by atoms with Gasteiger partial charge in [0.25, 0.3) is 10.0 Å². The van der Waals surface area contributed by atoms with Crippen molar-refractivity contribution in [3.63, 3.8) is 0 Å². The molecule has 1 atom stereocenters. The molecule has 0 saturated heterocycles. The third-order valence-corrected chi connectivity index (χ3v) is 7.59. The fourth-order valence-corrected chi connectivity index (χ4v) is 5.44. The van der Waals surface area contributed by atoms with Crippen LogP contribution in [0.15, 0.2) is 56.7 Å². The number of sulfonamides is 1. The van der Waals surface area contributed by atoms with Crippen molar-refractivity contribution < 1.29 is 40.2 Å². The van der Waals surface area contributed by atoms with E-state index < -0.39 is 73.0 Å². The molecule has 0 aliphatic heterocycles. The highest BCUT2D eigenvalue weighted by Crippen LogP contribution is 2.39. The summed E-state index contributed by atoms with van der Waals surface area (Å²) in [6.45, 7) is -0.778. The van der Waals surface area contributed by atoms with Crippen LogP contribution in [0.3, 0.4) is 0 Å². The van der Waals surface area contributed by atoms with Crippen LogP contribution in [0.1, 0.15) is 22.9 Å². The van der Waals surface area contributed by atoms with Crippen molar-refractivity contribution in [1.29, 1.82) is 0 Å². The van der Waals surface area contributed by atoms with E-state index in [1.54, 1.807) is 0 Å². The Morgan fingerprint density at radius 1 is 1.21 bits per heavy atom. The molecule has 38 heavy (non-hydrogen) atoms. The number of rotatable bonds is 7. The van der Waals surface area contributed by atoms with Gasteiger partial charge in [-0.05, 0) is 36.4 Å². The summed E-state index contributed by atoms with van der Waals surface area (Å²) in [6, 6.07) is 5.09. The fourth-order valence-electron chi connectivity index (χ4n) is 3.65. The summed E-state index contributed by atoms with van der Waals surface area (Å²) in [5.41, 5.74) is -3.24. The van der Waals surface area contributed by atoms with Gasteiger partial charge in [-0.1, -0.05) is 23.2 Å². The molecule has 0 aliphatic carbocycles. The van der Waals surface area contributed by atoms with E-state index in [1.165, 1.54) is 6.07 Å². The van der Waals surface area contributed by atoms with Crippen LogP contribution >= 0.6 is 23.2 Å². The van der Waals surface area contributed by atoms with E-state index in [-0.39, 0.29) is 16.1 Å². The minimum atomic E-state index is -4.97. The maximum Gasteiger partial charge on any atom is 0.417 e. The molecule has 4 rings (SSSR count). The van der Waals surface area contributed by atoms with Gasteiger partial charge in [-0.15, -0.1) is 0 Å². The topological polar surface area (TPSA) is 126 Å². The Labute approximate surface area is 221 Å². The number of nitrogens with one attached hydrogen (secondary N) is 1. The standard InChI is InChI=1S/C22H15Cl2F4N3O6S/c1-36-9-31(38(34,35)11-2-3-13(24)12(7-11)22(26,27)28)16-6-10(23)8-29-18(16)19(32)17-14(25)4-5-15-20(17)37-21(33)30-15/h2-8,19,32H,9H2,1H3,(H,30,33). The van der Waals surface area contributed by atoms with Crippen LogP contribution in [0, 0.1) is 5.82 Å². The van der Waals surface area contributed by atoms with Gasteiger partial charge < -0.3 is 14.3 Å². The number of benzene rings is 2. The van der Waals surface area contributed by atoms with E-state index in [4.69, 9.17) is 32.4 Å². The molecule has 2 heterocycles. The van der Waals surface area contributed by atoms with E-state index in [0.29, 0.717) is 10.4 Å². The molecular weight excluding hydrogens is 581 g/mol. The minimum Gasteiger partial charge on any atom is -0.407 e. The number of aromatic amines is 1. The van der Waals surface area contributed by atoms with Crippen molar-refractivity contribution in [2.24, 2.45) is 0 Å². The van der Waals surface area contributed by atoms with Crippen molar-refractivity contribution in [3.8, 4) is 0 Å². The number of halogens is 6. The Morgan fingerprint density at radius 2 is 1.92 bits per heavy atom. The Morgan fingerprint density at radius 3 is 2.58 bits per heavy atom. The monoisotopic (exact) mass is 595 g/mol. The normalized spacial score (nSPS) is 13.2. The molecule has 2 N–H and O–H groups in total. The van der Waals surface area contributed by atoms with Gasteiger partial charge in [0.2, 0.25) is 0 Å². The predicted octanol–water partition coefficient (Wildman–Crippen LogP) is 4.86. The number of ether oxygens (including phenoxy) is 1. The van der Waals surface area contributed by atoms with Crippen molar-refractivity contribution in [2.75, 3.05) is 18.1 Å². The summed E-state index contributed by atoms with van der Waals surface area (Å²) < 4.78 is 92.6. The Balaban J connectivity index is 1.92. The van der Waals surface area contributed by atoms with Crippen LogP contribution in [-0.2, 0) is 20.9 Å². The van der Waals surface area contributed by atoms with Gasteiger partial charge in [0.05, 0.1) is 43.0 Å². The van der Waals surface area contributed by atoms with Gasteiger partial charge in [0.1, 0.15) is 18.7 Å². The summed E-state index contributed by atoms with van der Waals surface area (Å²) in [7, 11) is -3.75. The second-order valence-electron chi connectivity index (χ2n) is 7.72. The molecule has 0 spiro atoms. The van der Waals surface area contributed by atoms with Gasteiger partial charge >= 0.3 is 11.9 Å². The number of nitrogens with zero attached hydrogens (tertiary/aromatic N) is 2. The molecule has 0 bridgehead atoms. The summed E-state index contributed by atoms with van der Waals surface area (Å²) in [4.78, 5) is 17.1. The van der Waals surface area contributed by atoms with Crippen LogP contribution < -0.4 is 10.1 Å². The highest BCUT2D eigenvalue weighted by Gasteiger charge is 2.37. The minimum absolute atomic E-state index is 0.0307. The van der Waals surface area contributed by atoms with Crippen LogP contribution in [0.4, 0.5) is 23.2 Å². The highest BCUT2D eigenvalue weighted by molar-refractivity contribution is 7.92. The molecule has 1 unspecified atom stereocenters. The number of anilines is 1. The van der Waals surface area contributed by atoms with Crippen LogP contribution in [-0.4, -0.2) is 37.3 Å². The quantitative estimate of drug-likeness (QED) is 0.231. The van der Waals surface area contributed by atoms with Gasteiger partial charge in [-0.3, -0.25) is 9.97 Å². The molecule has 0 amide bonds. The summed E-state index contributed by atoms with van der Waals surface area (Å²) in [5, 5.41) is 10.3. The van der Waals surface area contributed by atoms with Gasteiger partial charge in [-0.2, -0.15) is 13.2 Å². The van der Waals surface area contributed by atoms with Crippen LogP contribution in [0.5, 0.6) is 0 Å². The fraction of sp³-hybridized carbons (Fsp3) is 0.182.